The Bertz CT molecular complexity index is 488. The summed E-state index contributed by atoms with van der Waals surface area (Å²) in [6.07, 6.45) is 0.368. The Hall–Kier alpha value is -1.55. The van der Waals surface area contributed by atoms with E-state index < -0.39 is 6.10 Å². The molecule has 0 radical (unpaired) electrons. The molecular formula is C16H22O4. The molecule has 1 heterocycles. The molecule has 4 nitrogen and oxygen atoms in total. The van der Waals surface area contributed by atoms with Crippen LogP contribution < -0.4 is 9.47 Å². The summed E-state index contributed by atoms with van der Waals surface area (Å²) in [5, 5.41) is 0. The minimum absolute atomic E-state index is 0.0318. The van der Waals surface area contributed by atoms with Gasteiger partial charge in [-0.05, 0) is 23.6 Å². The number of rotatable bonds is 3. The van der Waals surface area contributed by atoms with E-state index in [1.807, 2.05) is 20.8 Å². The van der Waals surface area contributed by atoms with Gasteiger partial charge in [0, 0.05) is 19.1 Å². The maximum Gasteiger partial charge on any atom is 0.192 e. The van der Waals surface area contributed by atoms with Gasteiger partial charge < -0.3 is 14.2 Å². The van der Waals surface area contributed by atoms with Crippen molar-refractivity contribution in [2.24, 2.45) is 5.41 Å². The van der Waals surface area contributed by atoms with Gasteiger partial charge in [-0.3, -0.25) is 4.79 Å². The van der Waals surface area contributed by atoms with Crippen LogP contribution in [-0.4, -0.2) is 32.2 Å². The molecule has 0 N–H and O–H groups in total. The lowest BCUT2D eigenvalue weighted by Gasteiger charge is -2.28. The molecule has 0 aliphatic carbocycles. The quantitative estimate of drug-likeness (QED) is 0.797. The topological polar surface area (TPSA) is 44.8 Å². The maximum absolute atomic E-state index is 12.6. The predicted octanol–water partition coefficient (Wildman–Crippen LogP) is 3.09. The van der Waals surface area contributed by atoms with Crippen LogP contribution in [0, 0.1) is 5.41 Å². The van der Waals surface area contributed by atoms with Crippen LogP contribution in [0.15, 0.2) is 18.2 Å². The molecule has 0 spiro atoms. The van der Waals surface area contributed by atoms with Gasteiger partial charge in [0.1, 0.15) is 6.10 Å². The van der Waals surface area contributed by atoms with Gasteiger partial charge >= 0.3 is 0 Å². The molecule has 20 heavy (non-hydrogen) atoms. The molecule has 1 aromatic carbocycles. The average molecular weight is 278 g/mol. The van der Waals surface area contributed by atoms with Crippen LogP contribution in [-0.2, 0) is 4.74 Å². The Kier molecular flexibility index (Phi) is 4.33. The fourth-order valence-corrected chi connectivity index (χ4v) is 2.32. The molecule has 110 valence electrons. The predicted molar refractivity (Wildman–Crippen MR) is 76.6 cm³/mol. The summed E-state index contributed by atoms with van der Waals surface area (Å²) in [4.78, 5) is 12.6. The van der Waals surface area contributed by atoms with E-state index in [0.29, 0.717) is 30.3 Å². The summed E-state index contributed by atoms with van der Waals surface area (Å²) in [7, 11) is 1.57. The molecule has 1 unspecified atom stereocenters. The van der Waals surface area contributed by atoms with Crippen molar-refractivity contribution in [2.75, 3.05) is 20.3 Å². The minimum atomic E-state index is -0.479. The van der Waals surface area contributed by atoms with Crippen molar-refractivity contribution in [3.63, 3.8) is 0 Å². The van der Waals surface area contributed by atoms with E-state index in [-0.39, 0.29) is 11.2 Å². The fourth-order valence-electron chi connectivity index (χ4n) is 2.32. The zero-order valence-corrected chi connectivity index (χ0v) is 12.6. The molecule has 1 aromatic rings. The van der Waals surface area contributed by atoms with Crippen LogP contribution in [0.5, 0.6) is 11.5 Å². The van der Waals surface area contributed by atoms with Crippen LogP contribution in [0.3, 0.4) is 0 Å². The van der Waals surface area contributed by atoms with E-state index in [9.17, 15) is 4.79 Å². The third kappa shape index (κ3) is 3.12. The molecule has 0 bridgehead atoms. The highest BCUT2D eigenvalue weighted by molar-refractivity contribution is 6.00. The van der Waals surface area contributed by atoms with Gasteiger partial charge in [0.15, 0.2) is 17.3 Å². The van der Waals surface area contributed by atoms with Gasteiger partial charge in [-0.1, -0.05) is 20.8 Å². The number of carbonyl (C=O) groups excluding carboxylic acids is 1. The van der Waals surface area contributed by atoms with Gasteiger partial charge in [-0.15, -0.1) is 0 Å². The Morgan fingerprint density at radius 1 is 1.20 bits per heavy atom. The normalized spacial score (nSPS) is 16.4. The number of methoxy groups -OCH3 is 1. The largest absolute Gasteiger partial charge is 0.490 e. The first-order chi connectivity index (χ1) is 9.43. The highest BCUT2D eigenvalue weighted by Crippen LogP contribution is 2.32. The molecule has 1 aliphatic heterocycles. The Morgan fingerprint density at radius 2 is 1.85 bits per heavy atom. The number of Topliss-reactive ketones (excluding diaryl/α,β-unsaturated/α-hetero) is 1. The average Bonchev–Trinajstić information content (AvgIpc) is 2.61. The highest BCUT2D eigenvalue weighted by Gasteiger charge is 2.32. The number of carbonyl (C=O) groups is 1. The summed E-state index contributed by atoms with van der Waals surface area (Å²) in [5.74, 6) is 1.30. The zero-order chi connectivity index (χ0) is 14.8. The van der Waals surface area contributed by atoms with Crippen LogP contribution in [0.2, 0.25) is 0 Å². The first-order valence-electron chi connectivity index (χ1n) is 6.90. The highest BCUT2D eigenvalue weighted by atomic mass is 16.5. The van der Waals surface area contributed by atoms with Gasteiger partial charge in [-0.2, -0.15) is 0 Å². The van der Waals surface area contributed by atoms with Crippen LogP contribution >= 0.6 is 0 Å². The van der Waals surface area contributed by atoms with Crippen molar-refractivity contribution in [1.82, 2.24) is 0 Å². The summed E-state index contributed by atoms with van der Waals surface area (Å²) < 4.78 is 16.6. The summed E-state index contributed by atoms with van der Waals surface area (Å²) in [6.45, 7) is 7.22. The molecule has 0 fully saturated rings. The first-order valence-corrected chi connectivity index (χ1v) is 6.90. The first kappa shape index (κ1) is 14.9. The van der Waals surface area contributed by atoms with Gasteiger partial charge in [0.2, 0.25) is 0 Å². The SMILES string of the molecule is COC(C(=O)c1ccc2c(c1)OCCCO2)C(C)(C)C. The number of hydrogen-bond acceptors (Lipinski definition) is 4. The van der Waals surface area contributed by atoms with Crippen molar-refractivity contribution in [3.05, 3.63) is 23.8 Å². The molecule has 4 heteroatoms. The number of ether oxygens (including phenoxy) is 3. The minimum Gasteiger partial charge on any atom is -0.490 e. The Labute approximate surface area is 120 Å². The molecule has 2 rings (SSSR count). The van der Waals surface area contributed by atoms with Crippen molar-refractivity contribution in [3.8, 4) is 11.5 Å². The van der Waals surface area contributed by atoms with Gasteiger partial charge in [0.05, 0.1) is 13.2 Å². The van der Waals surface area contributed by atoms with Crippen molar-refractivity contribution in [2.45, 2.75) is 33.3 Å². The van der Waals surface area contributed by atoms with Crippen molar-refractivity contribution >= 4 is 5.78 Å². The van der Waals surface area contributed by atoms with Crippen LogP contribution in [0.1, 0.15) is 37.6 Å². The number of ketones is 1. The lowest BCUT2D eigenvalue weighted by molar-refractivity contribution is 0.0195. The second-order valence-electron chi connectivity index (χ2n) is 6.06. The Balaban J connectivity index is 2.29. The van der Waals surface area contributed by atoms with Crippen LogP contribution in [0.4, 0.5) is 0 Å². The van der Waals surface area contributed by atoms with Crippen molar-refractivity contribution in [1.29, 1.82) is 0 Å². The lowest BCUT2D eigenvalue weighted by atomic mass is 9.84. The third-order valence-corrected chi connectivity index (χ3v) is 3.29. The second-order valence-corrected chi connectivity index (χ2v) is 6.06. The van der Waals surface area contributed by atoms with E-state index in [2.05, 4.69) is 0 Å². The number of fused-ring (bicyclic) bond motifs is 1. The zero-order valence-electron chi connectivity index (χ0n) is 12.6. The molecular weight excluding hydrogens is 256 g/mol. The van der Waals surface area contributed by atoms with E-state index in [1.54, 1.807) is 25.3 Å². The molecule has 1 aliphatic rings. The van der Waals surface area contributed by atoms with E-state index in [4.69, 9.17) is 14.2 Å². The molecule has 0 saturated heterocycles. The monoisotopic (exact) mass is 278 g/mol. The summed E-state index contributed by atoms with van der Waals surface area (Å²) in [5.41, 5.74) is 0.340. The Morgan fingerprint density at radius 3 is 2.45 bits per heavy atom. The van der Waals surface area contributed by atoms with Crippen LogP contribution in [0.25, 0.3) is 0 Å². The fraction of sp³-hybridized carbons (Fsp3) is 0.562. The second kappa shape index (κ2) is 5.83. The van der Waals surface area contributed by atoms with E-state index in [1.165, 1.54) is 0 Å². The maximum atomic E-state index is 12.6. The van der Waals surface area contributed by atoms with Gasteiger partial charge in [-0.25, -0.2) is 0 Å². The van der Waals surface area contributed by atoms with E-state index >= 15 is 0 Å². The lowest BCUT2D eigenvalue weighted by Crippen LogP contribution is -2.36. The van der Waals surface area contributed by atoms with Crippen molar-refractivity contribution < 1.29 is 19.0 Å². The molecule has 0 saturated carbocycles. The standard InChI is InChI=1S/C16H22O4/c1-16(2,3)15(18-4)14(17)11-6-7-12-13(10-11)20-9-5-8-19-12/h6-7,10,15H,5,8-9H2,1-4H3. The smallest absolute Gasteiger partial charge is 0.192 e. The number of hydrogen-bond donors (Lipinski definition) is 0. The molecule has 0 aromatic heterocycles. The molecule has 0 amide bonds. The third-order valence-electron chi connectivity index (χ3n) is 3.29. The summed E-state index contributed by atoms with van der Waals surface area (Å²) >= 11 is 0. The van der Waals surface area contributed by atoms with E-state index in [0.717, 1.165) is 6.42 Å². The summed E-state index contributed by atoms with van der Waals surface area (Å²) in [6, 6.07) is 5.32. The number of benzene rings is 1. The molecule has 1 atom stereocenters. The van der Waals surface area contributed by atoms with Gasteiger partial charge in [0.25, 0.3) is 0 Å².